The Morgan fingerprint density at radius 2 is 1.58 bits per heavy atom. The molecule has 6 aliphatic rings. The van der Waals surface area contributed by atoms with E-state index in [1.807, 2.05) is 0 Å². The van der Waals surface area contributed by atoms with Gasteiger partial charge in [-0.15, -0.1) is 0 Å². The molecule has 0 aromatic carbocycles. The third-order valence-electron chi connectivity index (χ3n) is 16.0. The van der Waals surface area contributed by atoms with Gasteiger partial charge in [0.15, 0.2) is 11.6 Å². The fourth-order valence-corrected chi connectivity index (χ4v) is 12.8. The minimum atomic E-state index is -1.16. The largest absolute Gasteiger partial charge is 0.481 e. The summed E-state index contributed by atoms with van der Waals surface area (Å²) >= 11 is 0. The summed E-state index contributed by atoms with van der Waals surface area (Å²) in [7, 11) is 0. The van der Waals surface area contributed by atoms with Gasteiger partial charge in [-0.1, -0.05) is 54.9 Å². The zero-order chi connectivity index (χ0) is 35.2. The molecule has 6 rings (SSSR count). The van der Waals surface area contributed by atoms with E-state index in [4.69, 9.17) is 4.74 Å². The van der Waals surface area contributed by atoms with Gasteiger partial charge in [0.25, 0.3) is 0 Å². The van der Waals surface area contributed by atoms with Gasteiger partial charge in [-0.25, -0.2) is 0 Å². The van der Waals surface area contributed by atoms with Gasteiger partial charge < -0.3 is 15.2 Å². The topological polar surface area (TPSA) is 110 Å². The Balaban J connectivity index is 1.28. The highest BCUT2D eigenvalue weighted by Crippen LogP contribution is 2.76. The van der Waals surface area contributed by atoms with Gasteiger partial charge in [-0.05, 0) is 129 Å². The number of Topliss-reactive ketones (excluding diaryl/α,β-unsaturated/α-hetero) is 2. The van der Waals surface area contributed by atoms with Gasteiger partial charge in [0.05, 0.1) is 23.8 Å². The van der Waals surface area contributed by atoms with Crippen LogP contribution in [0, 0.1) is 56.2 Å². The van der Waals surface area contributed by atoms with E-state index in [1.165, 1.54) is 12.0 Å². The number of fused-ring (bicyclic) bond motifs is 7. The Morgan fingerprint density at radius 3 is 2.19 bits per heavy atom. The van der Waals surface area contributed by atoms with E-state index in [0.29, 0.717) is 30.8 Å². The number of hydrogen-bond donors (Lipinski definition) is 2. The first-order valence-electron chi connectivity index (χ1n) is 19.2. The van der Waals surface area contributed by atoms with Gasteiger partial charge in [0, 0.05) is 17.9 Å². The lowest BCUT2D eigenvalue weighted by Gasteiger charge is -2.72. The molecule has 48 heavy (non-hydrogen) atoms. The Bertz CT molecular complexity index is 1400. The van der Waals surface area contributed by atoms with Crippen molar-refractivity contribution in [3.05, 3.63) is 11.1 Å². The van der Waals surface area contributed by atoms with Gasteiger partial charge in [0.1, 0.15) is 6.10 Å². The summed E-state index contributed by atoms with van der Waals surface area (Å²) in [6, 6.07) is 0.443. The third kappa shape index (κ3) is 5.12. The third-order valence-corrected chi connectivity index (χ3v) is 16.0. The minimum Gasteiger partial charge on any atom is -0.481 e. The summed E-state index contributed by atoms with van der Waals surface area (Å²) < 4.78 is 6.15. The molecule has 7 nitrogen and oxygen atoms in total. The van der Waals surface area contributed by atoms with E-state index >= 15 is 0 Å². The summed E-state index contributed by atoms with van der Waals surface area (Å²) in [6.07, 6.45) is 11.3. The van der Waals surface area contributed by atoms with E-state index in [1.54, 1.807) is 13.8 Å². The predicted octanol–water partition coefficient (Wildman–Crippen LogP) is 8.09. The molecule has 0 bridgehead atoms. The van der Waals surface area contributed by atoms with Crippen LogP contribution in [0.25, 0.3) is 0 Å². The number of ketones is 2. The fraction of sp³-hybridized carbons (Fsp3) is 0.854. The standard InChI is InChI=1S/C41H63NO6/c1-24(2)33-27(43)21-41(30(44)23-42-25-11-10-12-25)20-19-39(8)26(34(33)41)13-14-29-38(7)17-16-31(48-32(45)22-36(3,4)35(46)47)37(5,6)28(38)15-18-40(29,39)9/h24-26,28-29,31,42H,10-23H2,1-9H3,(H,46,47)/t26?,28-,29-,31+,38?,39-,40-,41+/m1/s1. The van der Waals surface area contributed by atoms with Crippen molar-refractivity contribution >= 4 is 23.5 Å². The van der Waals surface area contributed by atoms with E-state index in [-0.39, 0.29) is 57.6 Å². The first-order chi connectivity index (χ1) is 22.2. The smallest absolute Gasteiger partial charge is 0.309 e. The van der Waals surface area contributed by atoms with Crippen molar-refractivity contribution in [1.82, 2.24) is 5.32 Å². The van der Waals surface area contributed by atoms with Crippen molar-refractivity contribution < 1.29 is 29.0 Å². The summed E-state index contributed by atoms with van der Waals surface area (Å²) in [5, 5.41) is 13.1. The molecule has 8 atom stereocenters. The number of carbonyl (C=O) groups is 4. The molecule has 5 saturated carbocycles. The van der Waals surface area contributed by atoms with Crippen LogP contribution in [0.3, 0.4) is 0 Å². The predicted molar refractivity (Wildman–Crippen MR) is 186 cm³/mol. The number of nitrogens with one attached hydrogen (secondary N) is 1. The van der Waals surface area contributed by atoms with Gasteiger partial charge in [0.2, 0.25) is 0 Å². The first-order valence-corrected chi connectivity index (χ1v) is 19.2. The van der Waals surface area contributed by atoms with Gasteiger partial charge in [-0.3, -0.25) is 19.2 Å². The zero-order valence-corrected chi connectivity index (χ0v) is 31.4. The van der Waals surface area contributed by atoms with Crippen molar-refractivity contribution in [3.8, 4) is 0 Å². The molecule has 0 heterocycles. The number of ether oxygens (including phenoxy) is 1. The molecule has 5 fully saturated rings. The lowest BCUT2D eigenvalue weighted by Crippen LogP contribution is -2.66. The van der Waals surface area contributed by atoms with Crippen LogP contribution in [-0.2, 0) is 23.9 Å². The molecule has 2 unspecified atom stereocenters. The van der Waals surface area contributed by atoms with Crippen LogP contribution in [0.1, 0.15) is 146 Å². The number of carboxylic acid groups (broad SMARTS) is 1. The molecule has 0 aromatic rings. The van der Waals surface area contributed by atoms with Crippen molar-refractivity contribution in [2.24, 2.45) is 56.2 Å². The second-order valence-corrected chi connectivity index (χ2v) is 19.4. The number of aliphatic carboxylic acids is 1. The van der Waals surface area contributed by atoms with Crippen molar-refractivity contribution in [2.45, 2.75) is 158 Å². The molecule has 0 spiro atoms. The number of allylic oxidation sites excluding steroid dienone is 2. The summed E-state index contributed by atoms with van der Waals surface area (Å²) in [6.45, 7) is 20.0. The maximum atomic E-state index is 14.3. The summed E-state index contributed by atoms with van der Waals surface area (Å²) in [5.74, 6) is 0.290. The maximum Gasteiger partial charge on any atom is 0.309 e. The number of carbonyl (C=O) groups excluding carboxylic acids is 3. The second-order valence-electron chi connectivity index (χ2n) is 19.4. The quantitative estimate of drug-likeness (QED) is 0.240. The highest BCUT2D eigenvalue weighted by molar-refractivity contribution is 6.07. The van der Waals surface area contributed by atoms with Crippen LogP contribution in [0.5, 0.6) is 0 Å². The molecule has 2 N–H and O–H groups in total. The van der Waals surface area contributed by atoms with Crippen molar-refractivity contribution in [1.29, 1.82) is 0 Å². The van der Waals surface area contributed by atoms with Crippen LogP contribution in [0.2, 0.25) is 0 Å². The number of rotatable bonds is 9. The fourth-order valence-electron chi connectivity index (χ4n) is 12.8. The van der Waals surface area contributed by atoms with Crippen LogP contribution >= 0.6 is 0 Å². The van der Waals surface area contributed by atoms with Crippen LogP contribution < -0.4 is 5.32 Å². The Kier molecular flexibility index (Phi) is 8.78. The first kappa shape index (κ1) is 35.8. The zero-order valence-electron chi connectivity index (χ0n) is 31.4. The Morgan fingerprint density at radius 1 is 0.896 bits per heavy atom. The van der Waals surface area contributed by atoms with Crippen LogP contribution in [0.15, 0.2) is 11.1 Å². The van der Waals surface area contributed by atoms with E-state index in [0.717, 1.165) is 69.8 Å². The minimum absolute atomic E-state index is 0.00889. The van der Waals surface area contributed by atoms with Crippen LogP contribution in [0.4, 0.5) is 0 Å². The van der Waals surface area contributed by atoms with E-state index in [2.05, 4.69) is 53.8 Å². The molecular formula is C41H63NO6. The van der Waals surface area contributed by atoms with Crippen molar-refractivity contribution in [2.75, 3.05) is 6.54 Å². The van der Waals surface area contributed by atoms with Gasteiger partial charge >= 0.3 is 11.9 Å². The Hall–Kier alpha value is -2.02. The normalized spacial score (nSPS) is 40.8. The number of esters is 1. The molecule has 7 heteroatoms. The molecule has 0 amide bonds. The molecule has 268 valence electrons. The number of hydrogen-bond acceptors (Lipinski definition) is 6. The molecule has 0 radical (unpaired) electrons. The molecule has 6 aliphatic carbocycles. The average molecular weight is 666 g/mol. The van der Waals surface area contributed by atoms with Gasteiger partial charge in [-0.2, -0.15) is 0 Å². The van der Waals surface area contributed by atoms with Crippen molar-refractivity contribution in [3.63, 3.8) is 0 Å². The number of carboxylic acids is 1. The highest BCUT2D eigenvalue weighted by atomic mass is 16.5. The summed E-state index contributed by atoms with van der Waals surface area (Å²) in [4.78, 5) is 52.9. The summed E-state index contributed by atoms with van der Waals surface area (Å²) in [5.41, 5.74) is 0.310. The van der Waals surface area contributed by atoms with E-state index < -0.39 is 22.8 Å². The highest BCUT2D eigenvalue weighted by Gasteiger charge is 2.71. The molecule has 0 saturated heterocycles. The Labute approximate surface area is 289 Å². The average Bonchev–Trinajstić information content (AvgIpc) is 3.27. The molecule has 0 aromatic heterocycles. The second kappa shape index (κ2) is 11.8. The lowest BCUT2D eigenvalue weighted by molar-refractivity contribution is -0.233. The molecular weight excluding hydrogens is 602 g/mol. The SMILES string of the molecule is CC(C)C1=C2C3CC[C@@H]4C5(C)CC[C@H](OC(=O)CC(C)(C)C(=O)O)C(C)(C)[C@H]5CC[C@@]4(C)[C@]3(C)CC[C@@]2(C(=O)CNC2CCC2)CC1=O. The van der Waals surface area contributed by atoms with Crippen LogP contribution in [-0.4, -0.2) is 47.3 Å². The lowest BCUT2D eigenvalue weighted by atomic mass is 9.33. The molecule has 0 aliphatic heterocycles. The van der Waals surface area contributed by atoms with E-state index in [9.17, 15) is 24.3 Å². The maximum absolute atomic E-state index is 14.3. The monoisotopic (exact) mass is 665 g/mol.